The van der Waals surface area contributed by atoms with E-state index in [2.05, 4.69) is 6.07 Å². The number of rotatable bonds is 5. The highest BCUT2D eigenvalue weighted by atomic mass is 35.5. The zero-order valence-corrected chi connectivity index (χ0v) is 14.9. The second-order valence-corrected chi connectivity index (χ2v) is 5.96. The number of halogens is 1. The zero-order chi connectivity index (χ0) is 19.4. The highest BCUT2D eigenvalue weighted by molar-refractivity contribution is 6.30. The summed E-state index contributed by atoms with van der Waals surface area (Å²) < 4.78 is 11.0. The molecule has 0 fully saturated rings. The number of allylic oxidation sites excluding steroid dienone is 1. The van der Waals surface area contributed by atoms with Crippen LogP contribution in [0, 0.1) is 21.4 Å². The Morgan fingerprint density at radius 1 is 1.22 bits per heavy atom. The topological polar surface area (TPSA) is 89.3 Å². The third kappa shape index (κ3) is 4.00. The standard InChI is InChI=1S/C20H13ClN2O4/c1-26-19-8-6-16(23(24)25)11-18(19)20-9-7-17(27-20)10-14(12-22)13-2-4-15(21)5-3-13/h2-11H,1H3/b14-10+. The fourth-order valence-electron chi connectivity index (χ4n) is 2.53. The summed E-state index contributed by atoms with van der Waals surface area (Å²) in [5.74, 6) is 1.28. The fraction of sp³-hybridized carbons (Fsp3) is 0.0500. The van der Waals surface area contributed by atoms with Gasteiger partial charge in [-0.25, -0.2) is 0 Å². The minimum absolute atomic E-state index is 0.0711. The molecule has 3 aromatic rings. The Morgan fingerprint density at radius 3 is 2.59 bits per heavy atom. The molecule has 27 heavy (non-hydrogen) atoms. The first-order valence-corrected chi connectivity index (χ1v) is 8.20. The van der Waals surface area contributed by atoms with Crippen molar-refractivity contribution in [3.05, 3.63) is 81.1 Å². The van der Waals surface area contributed by atoms with Crippen LogP contribution in [0.25, 0.3) is 23.0 Å². The van der Waals surface area contributed by atoms with E-state index in [0.717, 1.165) is 0 Å². The Kier molecular flexibility index (Phi) is 5.25. The first kappa shape index (κ1) is 18.2. The van der Waals surface area contributed by atoms with Gasteiger partial charge in [0.15, 0.2) is 0 Å². The van der Waals surface area contributed by atoms with Gasteiger partial charge < -0.3 is 9.15 Å². The second kappa shape index (κ2) is 7.77. The Labute approximate surface area is 160 Å². The maximum absolute atomic E-state index is 11.0. The van der Waals surface area contributed by atoms with Gasteiger partial charge in [0, 0.05) is 17.2 Å². The summed E-state index contributed by atoms with van der Waals surface area (Å²) in [6.45, 7) is 0. The van der Waals surface area contributed by atoms with E-state index in [9.17, 15) is 15.4 Å². The predicted molar refractivity (Wildman–Crippen MR) is 102 cm³/mol. The van der Waals surface area contributed by atoms with Gasteiger partial charge >= 0.3 is 0 Å². The monoisotopic (exact) mass is 380 g/mol. The van der Waals surface area contributed by atoms with Crippen molar-refractivity contribution in [2.45, 2.75) is 0 Å². The third-order valence-electron chi connectivity index (χ3n) is 3.85. The summed E-state index contributed by atoms with van der Waals surface area (Å²) in [7, 11) is 1.47. The molecule has 0 radical (unpaired) electrons. The Balaban J connectivity index is 1.99. The van der Waals surface area contributed by atoms with Crippen molar-refractivity contribution in [2.75, 3.05) is 7.11 Å². The Hall–Kier alpha value is -3.56. The molecular weight excluding hydrogens is 368 g/mol. The van der Waals surface area contributed by atoms with Gasteiger partial charge in [-0.3, -0.25) is 10.1 Å². The van der Waals surface area contributed by atoms with Crippen molar-refractivity contribution >= 4 is 28.9 Å². The van der Waals surface area contributed by atoms with Crippen LogP contribution in [0.2, 0.25) is 5.02 Å². The van der Waals surface area contributed by atoms with Gasteiger partial charge in [-0.05, 0) is 42.0 Å². The van der Waals surface area contributed by atoms with E-state index in [1.165, 1.54) is 25.3 Å². The Bertz CT molecular complexity index is 1060. The molecule has 0 N–H and O–H groups in total. The number of nitriles is 1. The molecule has 0 aliphatic carbocycles. The van der Waals surface area contributed by atoms with Crippen molar-refractivity contribution < 1.29 is 14.1 Å². The summed E-state index contributed by atoms with van der Waals surface area (Å²) in [4.78, 5) is 10.5. The molecule has 0 amide bonds. The molecule has 0 atom stereocenters. The number of furan rings is 1. The van der Waals surface area contributed by atoms with E-state index in [1.807, 2.05) is 0 Å². The summed E-state index contributed by atoms with van der Waals surface area (Å²) in [5, 5.41) is 21.0. The number of hydrogen-bond donors (Lipinski definition) is 0. The molecule has 6 nitrogen and oxygen atoms in total. The van der Waals surface area contributed by atoms with Gasteiger partial charge in [0.05, 0.1) is 29.2 Å². The zero-order valence-electron chi connectivity index (χ0n) is 14.2. The largest absolute Gasteiger partial charge is 0.496 e. The number of methoxy groups -OCH3 is 1. The van der Waals surface area contributed by atoms with Gasteiger partial charge in [-0.1, -0.05) is 23.7 Å². The number of benzene rings is 2. The van der Waals surface area contributed by atoms with E-state index in [1.54, 1.807) is 42.5 Å². The van der Waals surface area contributed by atoms with Crippen LogP contribution in [0.1, 0.15) is 11.3 Å². The van der Waals surface area contributed by atoms with Crippen molar-refractivity contribution in [3.63, 3.8) is 0 Å². The molecule has 0 bridgehead atoms. The van der Waals surface area contributed by atoms with Crippen LogP contribution in [0.15, 0.2) is 59.0 Å². The van der Waals surface area contributed by atoms with Gasteiger partial charge in [-0.2, -0.15) is 5.26 Å². The highest BCUT2D eigenvalue weighted by Crippen LogP contribution is 2.35. The summed E-state index contributed by atoms with van der Waals surface area (Å²) in [5.41, 5.74) is 1.49. The van der Waals surface area contributed by atoms with Gasteiger partial charge in [0.2, 0.25) is 0 Å². The molecule has 0 saturated carbocycles. The maximum atomic E-state index is 11.0. The van der Waals surface area contributed by atoms with E-state index < -0.39 is 4.92 Å². The average Bonchev–Trinajstić information content (AvgIpc) is 3.14. The van der Waals surface area contributed by atoms with Crippen molar-refractivity contribution in [1.29, 1.82) is 5.26 Å². The molecule has 0 aliphatic rings. The molecule has 0 unspecified atom stereocenters. The summed E-state index contributed by atoms with van der Waals surface area (Å²) in [6, 6.07) is 16.6. The molecule has 0 spiro atoms. The van der Waals surface area contributed by atoms with Crippen LogP contribution < -0.4 is 4.74 Å². The third-order valence-corrected chi connectivity index (χ3v) is 4.10. The second-order valence-electron chi connectivity index (χ2n) is 5.52. The van der Waals surface area contributed by atoms with Crippen LogP contribution in [0.3, 0.4) is 0 Å². The lowest BCUT2D eigenvalue weighted by molar-refractivity contribution is -0.384. The fourth-order valence-corrected chi connectivity index (χ4v) is 2.66. The molecular formula is C20H13ClN2O4. The van der Waals surface area contributed by atoms with E-state index in [0.29, 0.717) is 39.0 Å². The van der Waals surface area contributed by atoms with Gasteiger partial charge in [0.25, 0.3) is 5.69 Å². The smallest absolute Gasteiger partial charge is 0.270 e. The van der Waals surface area contributed by atoms with Crippen LogP contribution in [0.5, 0.6) is 5.75 Å². The number of ether oxygens (including phenoxy) is 1. The predicted octanol–water partition coefficient (Wildman–Crippen LogP) is 5.58. The minimum atomic E-state index is -0.485. The highest BCUT2D eigenvalue weighted by Gasteiger charge is 2.16. The van der Waals surface area contributed by atoms with E-state index >= 15 is 0 Å². The minimum Gasteiger partial charge on any atom is -0.496 e. The first-order chi connectivity index (χ1) is 13.0. The maximum Gasteiger partial charge on any atom is 0.270 e. The number of nitrogens with zero attached hydrogens (tertiary/aromatic N) is 2. The number of nitro groups is 1. The molecule has 134 valence electrons. The number of nitro benzene ring substituents is 1. The normalized spacial score (nSPS) is 11.1. The van der Waals surface area contributed by atoms with Crippen LogP contribution in [-0.4, -0.2) is 12.0 Å². The average molecular weight is 381 g/mol. The molecule has 1 heterocycles. The molecule has 0 saturated heterocycles. The summed E-state index contributed by atoms with van der Waals surface area (Å²) in [6.07, 6.45) is 1.59. The van der Waals surface area contributed by atoms with Gasteiger partial charge in [-0.15, -0.1) is 0 Å². The number of hydrogen-bond acceptors (Lipinski definition) is 5. The van der Waals surface area contributed by atoms with Crippen molar-refractivity contribution in [1.82, 2.24) is 0 Å². The lowest BCUT2D eigenvalue weighted by Crippen LogP contribution is -1.91. The molecule has 2 aromatic carbocycles. The Morgan fingerprint density at radius 2 is 1.96 bits per heavy atom. The lowest BCUT2D eigenvalue weighted by Gasteiger charge is -2.05. The van der Waals surface area contributed by atoms with Crippen LogP contribution in [-0.2, 0) is 0 Å². The quantitative estimate of drug-likeness (QED) is 0.327. The lowest BCUT2D eigenvalue weighted by atomic mass is 10.1. The van der Waals surface area contributed by atoms with E-state index in [-0.39, 0.29) is 5.69 Å². The number of non-ortho nitro benzene ring substituents is 1. The molecule has 1 aromatic heterocycles. The molecule has 7 heteroatoms. The van der Waals surface area contributed by atoms with Gasteiger partial charge in [0.1, 0.15) is 17.3 Å². The van der Waals surface area contributed by atoms with Crippen molar-refractivity contribution in [3.8, 4) is 23.1 Å². The SMILES string of the molecule is COc1ccc([N+](=O)[O-])cc1-c1ccc(/C=C(\C#N)c2ccc(Cl)cc2)o1. The van der Waals surface area contributed by atoms with E-state index in [4.69, 9.17) is 20.8 Å². The molecule has 0 aliphatic heterocycles. The van der Waals surface area contributed by atoms with Crippen LogP contribution in [0.4, 0.5) is 5.69 Å². The summed E-state index contributed by atoms with van der Waals surface area (Å²) >= 11 is 5.87. The van der Waals surface area contributed by atoms with Crippen LogP contribution >= 0.6 is 11.6 Å². The van der Waals surface area contributed by atoms with Crippen molar-refractivity contribution in [2.24, 2.45) is 0 Å². The molecule has 3 rings (SSSR count). The first-order valence-electron chi connectivity index (χ1n) is 7.82.